The first-order valence-electron chi connectivity index (χ1n) is 7.13. The van der Waals surface area contributed by atoms with Crippen molar-refractivity contribution in [2.24, 2.45) is 11.0 Å². The van der Waals surface area contributed by atoms with Gasteiger partial charge >= 0.3 is 0 Å². The van der Waals surface area contributed by atoms with Crippen molar-refractivity contribution in [1.29, 1.82) is 0 Å². The van der Waals surface area contributed by atoms with Crippen LogP contribution in [0.1, 0.15) is 18.4 Å². The summed E-state index contributed by atoms with van der Waals surface area (Å²) < 4.78 is 27.0. The summed E-state index contributed by atoms with van der Waals surface area (Å²) in [5.41, 5.74) is 9.41. The van der Waals surface area contributed by atoms with Gasteiger partial charge < -0.3 is 0 Å². The van der Waals surface area contributed by atoms with E-state index in [4.69, 9.17) is 5.53 Å². The number of nitrogens with zero attached hydrogens (tertiary/aromatic N) is 4. The average molecular weight is 320 g/mol. The molecular formula is C15H20N4O2S. The molecule has 118 valence electrons. The van der Waals surface area contributed by atoms with E-state index in [0.29, 0.717) is 19.4 Å². The molecule has 1 saturated heterocycles. The Labute approximate surface area is 131 Å². The molecule has 7 heteroatoms. The lowest BCUT2D eigenvalue weighted by molar-refractivity contribution is 0.187. The SMILES string of the molecule is [CH2][C@@H]1C[C@H](CN=[N+]=[N-])C[C@H]([CH2])N1S(=O)(=O)c1ccc(C)cc1. The topological polar surface area (TPSA) is 86.1 Å². The quantitative estimate of drug-likeness (QED) is 0.485. The summed E-state index contributed by atoms with van der Waals surface area (Å²) in [5.74, 6) is 0.116. The Bertz CT molecular complexity index is 653. The van der Waals surface area contributed by atoms with Gasteiger partial charge in [0.1, 0.15) is 0 Å². The van der Waals surface area contributed by atoms with E-state index in [2.05, 4.69) is 23.9 Å². The maximum Gasteiger partial charge on any atom is 0.243 e. The fourth-order valence-electron chi connectivity index (χ4n) is 2.90. The van der Waals surface area contributed by atoms with Gasteiger partial charge in [-0.3, -0.25) is 0 Å². The van der Waals surface area contributed by atoms with Crippen molar-refractivity contribution in [1.82, 2.24) is 4.31 Å². The molecule has 3 atom stereocenters. The third-order valence-corrected chi connectivity index (χ3v) is 5.95. The first kappa shape index (κ1) is 16.8. The van der Waals surface area contributed by atoms with Crippen LogP contribution >= 0.6 is 0 Å². The van der Waals surface area contributed by atoms with E-state index < -0.39 is 22.1 Å². The number of rotatable bonds is 4. The maximum absolute atomic E-state index is 12.8. The number of benzene rings is 1. The molecule has 0 bridgehead atoms. The predicted molar refractivity (Wildman–Crippen MR) is 85.2 cm³/mol. The van der Waals surface area contributed by atoms with Gasteiger partial charge in [0.15, 0.2) is 0 Å². The molecule has 0 unspecified atom stereocenters. The molecule has 1 aliphatic heterocycles. The molecule has 0 N–H and O–H groups in total. The Morgan fingerprint density at radius 1 is 1.27 bits per heavy atom. The second-order valence-corrected chi connectivity index (χ2v) is 7.55. The summed E-state index contributed by atoms with van der Waals surface area (Å²) in [6.45, 7) is 10.2. The van der Waals surface area contributed by atoms with Gasteiger partial charge in [-0.15, -0.1) is 0 Å². The van der Waals surface area contributed by atoms with E-state index in [1.807, 2.05) is 6.92 Å². The van der Waals surface area contributed by atoms with E-state index in [0.717, 1.165) is 5.56 Å². The predicted octanol–water partition coefficient (Wildman–Crippen LogP) is 3.11. The lowest BCUT2D eigenvalue weighted by Crippen LogP contribution is -2.50. The second-order valence-electron chi connectivity index (χ2n) is 5.71. The van der Waals surface area contributed by atoms with Gasteiger partial charge in [-0.25, -0.2) is 8.42 Å². The highest BCUT2D eigenvalue weighted by Gasteiger charge is 2.38. The van der Waals surface area contributed by atoms with Gasteiger partial charge in [-0.05, 0) is 57.2 Å². The zero-order valence-corrected chi connectivity index (χ0v) is 13.4. The van der Waals surface area contributed by atoms with Gasteiger partial charge in [0.2, 0.25) is 10.0 Å². The third kappa shape index (κ3) is 3.43. The summed E-state index contributed by atoms with van der Waals surface area (Å²) >= 11 is 0. The highest BCUT2D eigenvalue weighted by molar-refractivity contribution is 7.89. The molecule has 0 amide bonds. The van der Waals surface area contributed by atoms with Crippen molar-refractivity contribution in [2.45, 2.75) is 36.7 Å². The highest BCUT2D eigenvalue weighted by Crippen LogP contribution is 2.32. The molecule has 0 aromatic heterocycles. The highest BCUT2D eigenvalue weighted by atomic mass is 32.2. The molecule has 1 fully saturated rings. The summed E-state index contributed by atoms with van der Waals surface area (Å²) in [4.78, 5) is 3.01. The summed E-state index contributed by atoms with van der Waals surface area (Å²) in [6, 6.07) is 5.93. The van der Waals surface area contributed by atoms with Gasteiger partial charge in [-0.1, -0.05) is 22.8 Å². The van der Waals surface area contributed by atoms with E-state index in [1.54, 1.807) is 24.3 Å². The number of hydrogen-bond donors (Lipinski definition) is 0. The van der Waals surface area contributed by atoms with Crippen LogP contribution in [-0.2, 0) is 10.0 Å². The van der Waals surface area contributed by atoms with Crippen molar-refractivity contribution >= 4 is 10.0 Å². The fraction of sp³-hybridized carbons (Fsp3) is 0.467. The van der Waals surface area contributed by atoms with Crippen LogP contribution in [0.25, 0.3) is 10.4 Å². The van der Waals surface area contributed by atoms with E-state index in [-0.39, 0.29) is 10.8 Å². The van der Waals surface area contributed by atoms with Crippen LogP contribution in [0.2, 0.25) is 0 Å². The van der Waals surface area contributed by atoms with Crippen LogP contribution in [0, 0.1) is 26.7 Å². The maximum atomic E-state index is 12.8. The minimum absolute atomic E-state index is 0.116. The van der Waals surface area contributed by atoms with Crippen molar-refractivity contribution in [3.8, 4) is 0 Å². The molecular weight excluding hydrogens is 300 g/mol. The molecule has 1 aromatic rings. The molecule has 2 radical (unpaired) electrons. The van der Waals surface area contributed by atoms with Crippen LogP contribution in [-0.4, -0.2) is 31.4 Å². The lowest BCUT2D eigenvalue weighted by atomic mass is 9.89. The fourth-order valence-corrected chi connectivity index (χ4v) is 4.58. The lowest BCUT2D eigenvalue weighted by Gasteiger charge is -2.41. The van der Waals surface area contributed by atoms with Gasteiger partial charge in [0.25, 0.3) is 0 Å². The Morgan fingerprint density at radius 2 is 1.82 bits per heavy atom. The normalized spacial score (nSPS) is 26.4. The van der Waals surface area contributed by atoms with Gasteiger partial charge in [0, 0.05) is 23.5 Å². The van der Waals surface area contributed by atoms with Crippen molar-refractivity contribution in [3.63, 3.8) is 0 Å². The number of hydrogen-bond acceptors (Lipinski definition) is 3. The molecule has 1 aromatic carbocycles. The Hall–Kier alpha value is -1.56. The van der Waals surface area contributed by atoms with E-state index >= 15 is 0 Å². The smallest absolute Gasteiger partial charge is 0.207 e. The Balaban J connectivity index is 2.24. The molecule has 22 heavy (non-hydrogen) atoms. The molecule has 0 saturated carbocycles. The zero-order valence-electron chi connectivity index (χ0n) is 12.6. The minimum Gasteiger partial charge on any atom is -0.207 e. The number of aryl methyl sites for hydroxylation is 1. The summed E-state index contributed by atoms with van der Waals surface area (Å²) in [6.07, 6.45) is 1.13. The largest absolute Gasteiger partial charge is 0.243 e. The second kappa shape index (κ2) is 6.69. The van der Waals surface area contributed by atoms with E-state index in [1.165, 1.54) is 4.31 Å². The van der Waals surface area contributed by atoms with Crippen LogP contribution in [0.3, 0.4) is 0 Å². The number of azide groups is 1. The van der Waals surface area contributed by atoms with Crippen LogP contribution < -0.4 is 0 Å². The minimum atomic E-state index is -3.62. The zero-order chi connectivity index (χ0) is 16.3. The van der Waals surface area contributed by atoms with Crippen molar-refractivity contribution < 1.29 is 8.42 Å². The van der Waals surface area contributed by atoms with Crippen LogP contribution in [0.4, 0.5) is 0 Å². The van der Waals surface area contributed by atoms with Crippen LogP contribution in [0.15, 0.2) is 34.3 Å². The molecule has 1 aliphatic rings. The Kier molecular flexibility index (Phi) is 5.11. The van der Waals surface area contributed by atoms with Crippen molar-refractivity contribution in [2.75, 3.05) is 6.54 Å². The first-order valence-corrected chi connectivity index (χ1v) is 8.57. The number of piperidine rings is 1. The molecule has 0 aliphatic carbocycles. The van der Waals surface area contributed by atoms with Gasteiger partial charge in [0.05, 0.1) is 4.90 Å². The number of sulfonamides is 1. The molecule has 2 rings (SSSR count). The molecule has 0 spiro atoms. The summed E-state index contributed by atoms with van der Waals surface area (Å²) in [5, 5.41) is 3.58. The third-order valence-electron chi connectivity index (χ3n) is 3.93. The Morgan fingerprint density at radius 3 is 2.32 bits per heavy atom. The standard InChI is InChI=1S/C15H20N4O2S/c1-11-4-6-15(7-5-11)22(20,21)19-12(2)8-14(9-13(19)3)10-17-18-16/h4-7,12-14H,2-3,8-10H2,1H3/t12-,13+,14+. The summed E-state index contributed by atoms with van der Waals surface area (Å²) in [7, 11) is -3.62. The molecule has 1 heterocycles. The monoisotopic (exact) mass is 320 g/mol. The molecule has 6 nitrogen and oxygen atoms in total. The van der Waals surface area contributed by atoms with E-state index in [9.17, 15) is 8.42 Å². The van der Waals surface area contributed by atoms with Crippen LogP contribution in [0.5, 0.6) is 0 Å². The van der Waals surface area contributed by atoms with Gasteiger partial charge in [-0.2, -0.15) is 4.31 Å². The van der Waals surface area contributed by atoms with Crippen molar-refractivity contribution in [3.05, 3.63) is 54.1 Å². The average Bonchev–Trinajstić information content (AvgIpc) is 2.44. The first-order chi connectivity index (χ1) is 10.4.